The smallest absolute Gasteiger partial charge is 0.335 e. The molecular formula is C17H18BrNO5. The summed E-state index contributed by atoms with van der Waals surface area (Å²) in [7, 11) is 4.67. The van der Waals surface area contributed by atoms with Gasteiger partial charge in [-0.1, -0.05) is 15.9 Å². The fourth-order valence-electron chi connectivity index (χ4n) is 2.31. The van der Waals surface area contributed by atoms with Gasteiger partial charge in [-0.05, 0) is 30.3 Å². The van der Waals surface area contributed by atoms with Crippen molar-refractivity contribution >= 4 is 27.6 Å². The van der Waals surface area contributed by atoms with Crippen LogP contribution in [0.5, 0.6) is 17.2 Å². The molecule has 0 amide bonds. The largest absolute Gasteiger partial charge is 0.495 e. The summed E-state index contributed by atoms with van der Waals surface area (Å²) in [5.41, 5.74) is 1.61. The van der Waals surface area contributed by atoms with E-state index in [0.717, 1.165) is 10.0 Å². The zero-order chi connectivity index (χ0) is 17.7. The molecule has 0 aromatic heterocycles. The summed E-state index contributed by atoms with van der Waals surface area (Å²) in [5.74, 6) is 0.778. The van der Waals surface area contributed by atoms with Crippen molar-refractivity contribution in [2.75, 3.05) is 26.6 Å². The number of aromatic carboxylic acids is 1. The van der Waals surface area contributed by atoms with E-state index in [2.05, 4.69) is 21.2 Å². The van der Waals surface area contributed by atoms with E-state index in [1.807, 2.05) is 12.1 Å². The standard InChI is InChI=1S/C17H18BrNO5/c1-22-14-5-4-10(17(20)21)7-13(14)19-9-11-6-12(18)8-15(23-2)16(11)24-3/h4-8,19H,9H2,1-3H3,(H,20,21). The molecule has 0 saturated heterocycles. The number of benzene rings is 2. The van der Waals surface area contributed by atoms with Gasteiger partial charge in [0.2, 0.25) is 0 Å². The number of anilines is 1. The van der Waals surface area contributed by atoms with Crippen LogP contribution in [0.25, 0.3) is 0 Å². The van der Waals surface area contributed by atoms with Crippen molar-refractivity contribution in [3.63, 3.8) is 0 Å². The molecule has 2 rings (SSSR count). The Hall–Kier alpha value is -2.41. The van der Waals surface area contributed by atoms with Crippen LogP contribution in [0.4, 0.5) is 5.69 Å². The summed E-state index contributed by atoms with van der Waals surface area (Å²) >= 11 is 3.44. The van der Waals surface area contributed by atoms with Crippen LogP contribution in [0, 0.1) is 0 Å². The van der Waals surface area contributed by atoms with Crippen LogP contribution in [-0.4, -0.2) is 32.4 Å². The predicted molar refractivity (Wildman–Crippen MR) is 94.5 cm³/mol. The number of hydrogen-bond donors (Lipinski definition) is 2. The number of ether oxygens (including phenoxy) is 3. The molecule has 0 aliphatic heterocycles. The molecule has 128 valence electrons. The maximum atomic E-state index is 11.1. The van der Waals surface area contributed by atoms with Gasteiger partial charge in [0.15, 0.2) is 11.5 Å². The van der Waals surface area contributed by atoms with E-state index in [1.54, 1.807) is 20.3 Å². The quantitative estimate of drug-likeness (QED) is 0.742. The Morgan fingerprint density at radius 2 is 1.79 bits per heavy atom. The first kappa shape index (κ1) is 17.9. The second-order valence-electron chi connectivity index (χ2n) is 4.87. The van der Waals surface area contributed by atoms with Crippen molar-refractivity contribution < 1.29 is 24.1 Å². The van der Waals surface area contributed by atoms with Crippen molar-refractivity contribution in [1.29, 1.82) is 0 Å². The fraction of sp³-hybridized carbons (Fsp3) is 0.235. The van der Waals surface area contributed by atoms with Gasteiger partial charge in [0.25, 0.3) is 0 Å². The highest BCUT2D eigenvalue weighted by atomic mass is 79.9. The van der Waals surface area contributed by atoms with E-state index in [9.17, 15) is 4.79 Å². The average molecular weight is 396 g/mol. The van der Waals surface area contributed by atoms with E-state index in [1.165, 1.54) is 19.2 Å². The molecule has 0 fully saturated rings. The molecule has 7 heteroatoms. The third-order valence-corrected chi connectivity index (χ3v) is 3.89. The number of carboxylic acids is 1. The van der Waals surface area contributed by atoms with Crippen LogP contribution in [0.1, 0.15) is 15.9 Å². The normalized spacial score (nSPS) is 10.2. The Kier molecular flexibility index (Phi) is 5.92. The highest BCUT2D eigenvalue weighted by molar-refractivity contribution is 9.10. The molecule has 0 unspecified atom stereocenters. The molecule has 0 bridgehead atoms. The van der Waals surface area contributed by atoms with E-state index < -0.39 is 5.97 Å². The maximum absolute atomic E-state index is 11.1. The van der Waals surface area contributed by atoms with Gasteiger partial charge in [0, 0.05) is 16.6 Å². The molecule has 0 aliphatic carbocycles. The Labute approximate surface area is 148 Å². The minimum Gasteiger partial charge on any atom is -0.495 e. The van der Waals surface area contributed by atoms with Crippen LogP contribution < -0.4 is 19.5 Å². The highest BCUT2D eigenvalue weighted by Crippen LogP contribution is 2.35. The Morgan fingerprint density at radius 3 is 2.38 bits per heavy atom. The highest BCUT2D eigenvalue weighted by Gasteiger charge is 2.13. The van der Waals surface area contributed by atoms with Crippen molar-refractivity contribution in [3.05, 3.63) is 45.9 Å². The van der Waals surface area contributed by atoms with Gasteiger partial charge >= 0.3 is 5.97 Å². The van der Waals surface area contributed by atoms with E-state index in [0.29, 0.717) is 29.5 Å². The fourth-order valence-corrected chi connectivity index (χ4v) is 2.79. The maximum Gasteiger partial charge on any atom is 0.335 e. The number of carbonyl (C=O) groups is 1. The average Bonchev–Trinajstić information content (AvgIpc) is 2.58. The van der Waals surface area contributed by atoms with Gasteiger partial charge in [0.1, 0.15) is 5.75 Å². The van der Waals surface area contributed by atoms with Gasteiger partial charge < -0.3 is 24.6 Å². The third-order valence-electron chi connectivity index (χ3n) is 3.44. The Bertz CT molecular complexity index is 748. The van der Waals surface area contributed by atoms with Crippen LogP contribution in [0.3, 0.4) is 0 Å². The number of hydrogen-bond acceptors (Lipinski definition) is 5. The summed E-state index contributed by atoms with van der Waals surface area (Å²) in [6.07, 6.45) is 0. The second kappa shape index (κ2) is 7.92. The molecule has 0 aliphatic rings. The molecule has 0 saturated carbocycles. The lowest BCUT2D eigenvalue weighted by atomic mass is 10.1. The lowest BCUT2D eigenvalue weighted by Gasteiger charge is -2.16. The van der Waals surface area contributed by atoms with Crippen LogP contribution in [0.15, 0.2) is 34.8 Å². The molecule has 2 aromatic carbocycles. The molecule has 2 aromatic rings. The van der Waals surface area contributed by atoms with Crippen LogP contribution in [0.2, 0.25) is 0 Å². The molecule has 0 radical (unpaired) electrons. The molecular weight excluding hydrogens is 378 g/mol. The summed E-state index contributed by atoms with van der Waals surface area (Å²) in [4.78, 5) is 11.1. The summed E-state index contributed by atoms with van der Waals surface area (Å²) < 4.78 is 16.9. The summed E-state index contributed by atoms with van der Waals surface area (Å²) in [5, 5.41) is 12.3. The van der Waals surface area contributed by atoms with Gasteiger partial charge in [-0.2, -0.15) is 0 Å². The van der Waals surface area contributed by atoms with Gasteiger partial charge in [0.05, 0.1) is 32.6 Å². The SMILES string of the molecule is COc1ccc(C(=O)O)cc1NCc1cc(Br)cc(OC)c1OC. The third kappa shape index (κ3) is 3.91. The molecule has 0 heterocycles. The monoisotopic (exact) mass is 395 g/mol. The first-order chi connectivity index (χ1) is 11.5. The van der Waals surface area contributed by atoms with Gasteiger partial charge in [-0.15, -0.1) is 0 Å². The summed E-state index contributed by atoms with van der Waals surface area (Å²) in [6.45, 7) is 0.401. The molecule has 6 nitrogen and oxygen atoms in total. The summed E-state index contributed by atoms with van der Waals surface area (Å²) in [6, 6.07) is 8.36. The van der Waals surface area contributed by atoms with Crippen molar-refractivity contribution in [1.82, 2.24) is 0 Å². The molecule has 2 N–H and O–H groups in total. The second-order valence-corrected chi connectivity index (χ2v) is 5.79. The van der Waals surface area contributed by atoms with Gasteiger partial charge in [-0.25, -0.2) is 4.79 Å². The number of methoxy groups -OCH3 is 3. The zero-order valence-corrected chi connectivity index (χ0v) is 15.1. The minimum absolute atomic E-state index is 0.178. The van der Waals surface area contributed by atoms with E-state index in [-0.39, 0.29) is 5.56 Å². The lowest BCUT2D eigenvalue weighted by molar-refractivity contribution is 0.0697. The first-order valence-corrected chi connectivity index (χ1v) is 7.85. The van der Waals surface area contributed by atoms with Crippen LogP contribution in [-0.2, 0) is 6.54 Å². The van der Waals surface area contributed by atoms with Crippen molar-refractivity contribution in [3.8, 4) is 17.2 Å². The molecule has 0 atom stereocenters. The van der Waals surface area contributed by atoms with Gasteiger partial charge in [-0.3, -0.25) is 0 Å². The van der Waals surface area contributed by atoms with Crippen molar-refractivity contribution in [2.45, 2.75) is 6.54 Å². The van der Waals surface area contributed by atoms with E-state index in [4.69, 9.17) is 19.3 Å². The predicted octanol–water partition coefficient (Wildman–Crippen LogP) is 3.79. The number of carboxylic acid groups (broad SMARTS) is 1. The minimum atomic E-state index is -0.998. The number of rotatable bonds is 7. The lowest BCUT2D eigenvalue weighted by Crippen LogP contribution is -2.06. The molecule has 0 spiro atoms. The van der Waals surface area contributed by atoms with Crippen molar-refractivity contribution in [2.24, 2.45) is 0 Å². The molecule has 24 heavy (non-hydrogen) atoms. The number of nitrogens with one attached hydrogen (secondary N) is 1. The topological polar surface area (TPSA) is 77.0 Å². The van der Waals surface area contributed by atoms with Crippen LogP contribution >= 0.6 is 15.9 Å². The number of halogens is 1. The Morgan fingerprint density at radius 1 is 1.08 bits per heavy atom. The first-order valence-electron chi connectivity index (χ1n) is 7.05. The van der Waals surface area contributed by atoms with E-state index >= 15 is 0 Å². The zero-order valence-electron chi connectivity index (χ0n) is 13.6. The Balaban J connectivity index is 2.32.